The molecule has 0 bridgehead atoms. The quantitative estimate of drug-likeness (QED) is 0.225. The predicted octanol–water partition coefficient (Wildman–Crippen LogP) is 8.57. The molecular formula is C40H28. The van der Waals surface area contributed by atoms with Gasteiger partial charge >= 0.3 is 0 Å². The van der Waals surface area contributed by atoms with Crippen LogP contribution in [0.25, 0.3) is 43.8 Å². The van der Waals surface area contributed by atoms with E-state index in [4.69, 9.17) is 0 Å². The monoisotopic (exact) mass is 508 g/mol. The van der Waals surface area contributed by atoms with Crippen molar-refractivity contribution in [2.75, 3.05) is 0 Å². The van der Waals surface area contributed by atoms with Crippen LogP contribution in [0.5, 0.6) is 0 Å². The predicted molar refractivity (Wildman–Crippen MR) is 169 cm³/mol. The largest absolute Gasteiger partial charge is 0.0836 e. The first kappa shape index (κ1) is 23.0. The average Bonchev–Trinajstić information content (AvgIpc) is 3.03. The molecule has 0 spiro atoms. The van der Waals surface area contributed by atoms with Crippen molar-refractivity contribution in [3.05, 3.63) is 179 Å². The van der Waals surface area contributed by atoms with Crippen LogP contribution in [-0.4, -0.2) is 0 Å². The zero-order valence-corrected chi connectivity index (χ0v) is 22.2. The average molecular weight is 509 g/mol. The molecule has 40 heavy (non-hydrogen) atoms. The number of hydrogen-bond donors (Lipinski definition) is 0. The molecule has 1 atom stereocenters. The molecule has 0 heterocycles. The summed E-state index contributed by atoms with van der Waals surface area (Å²) in [6.07, 6.45) is 7.94. The second-order valence-electron chi connectivity index (χ2n) is 10.8. The fourth-order valence-corrected chi connectivity index (χ4v) is 6.93. The van der Waals surface area contributed by atoms with Gasteiger partial charge in [-0.15, -0.1) is 0 Å². The van der Waals surface area contributed by atoms with Gasteiger partial charge in [-0.1, -0.05) is 152 Å². The van der Waals surface area contributed by atoms with E-state index in [1.54, 1.807) is 0 Å². The first-order valence-corrected chi connectivity index (χ1v) is 14.1. The molecule has 0 heteroatoms. The number of allylic oxidation sites excluding steroid dienone is 4. The fraction of sp³-hybridized carbons (Fsp3) is 0.0500. The lowest BCUT2D eigenvalue weighted by molar-refractivity contribution is 0.798. The summed E-state index contributed by atoms with van der Waals surface area (Å²) in [6.45, 7) is 0. The van der Waals surface area contributed by atoms with Crippen molar-refractivity contribution in [3.63, 3.8) is 0 Å². The molecule has 188 valence electrons. The zero-order chi connectivity index (χ0) is 26.5. The molecule has 6 aromatic rings. The summed E-state index contributed by atoms with van der Waals surface area (Å²) in [5.74, 6) is 0.328. The van der Waals surface area contributed by atoms with Crippen LogP contribution in [0.3, 0.4) is 0 Å². The molecule has 0 amide bonds. The van der Waals surface area contributed by atoms with Gasteiger partial charge in [0.1, 0.15) is 0 Å². The Kier molecular flexibility index (Phi) is 5.38. The Morgan fingerprint density at radius 3 is 1.95 bits per heavy atom. The third kappa shape index (κ3) is 3.53. The van der Waals surface area contributed by atoms with Gasteiger partial charge in [0.15, 0.2) is 0 Å². The molecule has 0 fully saturated rings. The highest BCUT2D eigenvalue weighted by atomic mass is 14.3. The summed E-state index contributed by atoms with van der Waals surface area (Å²) < 4.78 is 0. The van der Waals surface area contributed by atoms with Crippen LogP contribution >= 0.6 is 0 Å². The topological polar surface area (TPSA) is 0 Å². The Morgan fingerprint density at radius 1 is 0.475 bits per heavy atom. The maximum atomic E-state index is 2.37. The summed E-state index contributed by atoms with van der Waals surface area (Å²) in [6, 6.07) is 49.0. The Hall–Kier alpha value is -4.94. The lowest BCUT2D eigenvalue weighted by Gasteiger charge is -2.31. The standard InChI is InChI=1S/C40H28/c1-2-14-28(15-3-1)39-34-20-8-10-22-36(34)40(37-23-11-9-21-35(37)39)38-26-25-33(31-18-6-7-19-32(31)38)30-24-12-16-27-13-4-5-17-29(27)30/h1-20,22-26,35H,21H2. The summed E-state index contributed by atoms with van der Waals surface area (Å²) in [5, 5.41) is 7.83. The van der Waals surface area contributed by atoms with Gasteiger partial charge in [0.2, 0.25) is 0 Å². The lowest BCUT2D eigenvalue weighted by atomic mass is 9.72. The second-order valence-corrected chi connectivity index (χ2v) is 10.8. The van der Waals surface area contributed by atoms with Crippen LogP contribution in [0.15, 0.2) is 157 Å². The van der Waals surface area contributed by atoms with E-state index >= 15 is 0 Å². The molecular weight excluding hydrogens is 480 g/mol. The summed E-state index contributed by atoms with van der Waals surface area (Å²) in [7, 11) is 0. The first-order chi connectivity index (χ1) is 19.9. The van der Waals surface area contributed by atoms with Gasteiger partial charge in [-0.25, -0.2) is 0 Å². The molecule has 1 unspecified atom stereocenters. The van der Waals surface area contributed by atoms with E-state index in [1.165, 1.54) is 71.0 Å². The van der Waals surface area contributed by atoms with E-state index in [1.807, 2.05) is 0 Å². The van der Waals surface area contributed by atoms with Crippen molar-refractivity contribution >= 4 is 32.7 Å². The van der Waals surface area contributed by atoms with Gasteiger partial charge < -0.3 is 0 Å². The van der Waals surface area contributed by atoms with E-state index in [9.17, 15) is 0 Å². The SMILES string of the molecule is C1=CCC2C(=C1)C(c1ccc(-c3cccc4ccccc34)c3ccccc13)=c1ccccc1=C2c1ccccc1. The fourth-order valence-electron chi connectivity index (χ4n) is 6.93. The summed E-state index contributed by atoms with van der Waals surface area (Å²) in [5.41, 5.74) is 9.42. The van der Waals surface area contributed by atoms with Crippen LogP contribution in [0.4, 0.5) is 0 Å². The van der Waals surface area contributed by atoms with Gasteiger partial charge in [-0.3, -0.25) is 0 Å². The van der Waals surface area contributed by atoms with Crippen molar-refractivity contribution in [2.24, 2.45) is 5.92 Å². The minimum absolute atomic E-state index is 0.328. The second kappa shape index (κ2) is 9.36. The molecule has 0 saturated heterocycles. The zero-order valence-electron chi connectivity index (χ0n) is 22.2. The Morgan fingerprint density at radius 2 is 1.10 bits per heavy atom. The third-order valence-corrected chi connectivity index (χ3v) is 8.64. The molecule has 0 nitrogen and oxygen atoms in total. The molecule has 2 aliphatic carbocycles. The van der Waals surface area contributed by atoms with Gasteiger partial charge in [0.25, 0.3) is 0 Å². The van der Waals surface area contributed by atoms with E-state index in [2.05, 4.69) is 152 Å². The van der Waals surface area contributed by atoms with E-state index in [-0.39, 0.29) is 0 Å². The van der Waals surface area contributed by atoms with Gasteiger partial charge in [0, 0.05) is 5.92 Å². The maximum absolute atomic E-state index is 2.37. The van der Waals surface area contributed by atoms with Crippen LogP contribution in [-0.2, 0) is 0 Å². The van der Waals surface area contributed by atoms with Gasteiger partial charge in [0.05, 0.1) is 0 Å². The van der Waals surface area contributed by atoms with E-state index in [0.29, 0.717) is 5.92 Å². The van der Waals surface area contributed by atoms with E-state index in [0.717, 1.165) is 6.42 Å². The van der Waals surface area contributed by atoms with Crippen molar-refractivity contribution < 1.29 is 0 Å². The van der Waals surface area contributed by atoms with Gasteiger partial charge in [-0.05, 0) is 77.4 Å². The molecule has 0 radical (unpaired) electrons. The van der Waals surface area contributed by atoms with Gasteiger partial charge in [-0.2, -0.15) is 0 Å². The molecule has 0 aromatic heterocycles. The van der Waals surface area contributed by atoms with E-state index < -0.39 is 0 Å². The van der Waals surface area contributed by atoms with Crippen molar-refractivity contribution in [1.82, 2.24) is 0 Å². The molecule has 0 aliphatic heterocycles. The van der Waals surface area contributed by atoms with Crippen LogP contribution < -0.4 is 10.4 Å². The summed E-state index contributed by atoms with van der Waals surface area (Å²) >= 11 is 0. The molecule has 0 saturated carbocycles. The number of hydrogen-bond acceptors (Lipinski definition) is 0. The number of rotatable bonds is 3. The molecule has 2 aliphatic rings. The third-order valence-electron chi connectivity index (χ3n) is 8.64. The van der Waals surface area contributed by atoms with Crippen molar-refractivity contribution in [3.8, 4) is 11.1 Å². The minimum atomic E-state index is 0.328. The summed E-state index contributed by atoms with van der Waals surface area (Å²) in [4.78, 5) is 0. The minimum Gasteiger partial charge on any atom is -0.0836 e. The lowest BCUT2D eigenvalue weighted by Crippen LogP contribution is -2.37. The normalized spacial score (nSPS) is 16.1. The smallest absolute Gasteiger partial charge is 0.0142 e. The maximum Gasteiger partial charge on any atom is 0.0142 e. The van der Waals surface area contributed by atoms with Crippen molar-refractivity contribution in [2.45, 2.75) is 6.42 Å². The Bertz CT molecular complexity index is 2120. The van der Waals surface area contributed by atoms with Crippen LogP contribution in [0, 0.1) is 5.92 Å². The molecule has 6 aromatic carbocycles. The Balaban J connectivity index is 1.47. The van der Waals surface area contributed by atoms with Crippen LogP contribution in [0.1, 0.15) is 17.5 Å². The molecule has 0 N–H and O–H groups in total. The molecule has 8 rings (SSSR count). The first-order valence-electron chi connectivity index (χ1n) is 14.1. The van der Waals surface area contributed by atoms with Crippen molar-refractivity contribution in [1.29, 1.82) is 0 Å². The highest BCUT2D eigenvalue weighted by Gasteiger charge is 2.29. The Labute approximate surface area is 234 Å². The highest BCUT2D eigenvalue weighted by Crippen LogP contribution is 2.43. The highest BCUT2D eigenvalue weighted by molar-refractivity contribution is 6.09. The number of benzene rings is 6. The van der Waals surface area contributed by atoms with Crippen LogP contribution in [0.2, 0.25) is 0 Å². The number of fused-ring (bicyclic) bond motifs is 4.